The van der Waals surface area contributed by atoms with E-state index < -0.39 is 0 Å². The maximum absolute atomic E-state index is 11.9. The van der Waals surface area contributed by atoms with Gasteiger partial charge in [0.15, 0.2) is 0 Å². The molecule has 5 heteroatoms. The van der Waals surface area contributed by atoms with Crippen molar-refractivity contribution in [1.82, 2.24) is 4.90 Å². The largest absolute Gasteiger partial charge is 0.339 e. The fraction of sp³-hybridized carbons (Fsp3) is 0.400. The van der Waals surface area contributed by atoms with Gasteiger partial charge in [-0.1, -0.05) is 0 Å². The molecule has 80 valence electrons. The topological polar surface area (TPSA) is 44.1 Å². The molecule has 1 aromatic rings. The zero-order valence-corrected chi connectivity index (χ0v) is 9.74. The van der Waals surface area contributed by atoms with E-state index in [2.05, 4.69) is 6.07 Å². The summed E-state index contributed by atoms with van der Waals surface area (Å²) < 4.78 is 0. The summed E-state index contributed by atoms with van der Waals surface area (Å²) in [5.74, 6) is 0.0142. The first-order valence-corrected chi connectivity index (χ1v) is 5.48. The first-order valence-electron chi connectivity index (χ1n) is 4.60. The Balaban J connectivity index is 0.00000112. The summed E-state index contributed by atoms with van der Waals surface area (Å²) in [6.45, 7) is 1.67. The van der Waals surface area contributed by atoms with Crippen LogP contribution in [0.25, 0.3) is 0 Å². The van der Waals surface area contributed by atoms with Crippen LogP contribution in [-0.4, -0.2) is 23.9 Å². The Morgan fingerprint density at radius 1 is 1.47 bits per heavy atom. The zero-order valence-electron chi connectivity index (χ0n) is 8.10. The van der Waals surface area contributed by atoms with Gasteiger partial charge in [-0.05, 0) is 24.3 Å². The van der Waals surface area contributed by atoms with Crippen molar-refractivity contribution in [3.05, 3.63) is 21.9 Å². The standard InChI is InChI=1S/C10H10N2OS.ClH/c11-7-9-8(3-6-14-9)10(13)12-4-1-2-5-12;/h3,6H,1-2,4-5H2;1H. The normalized spacial score (nSPS) is 14.5. The van der Waals surface area contributed by atoms with Crippen LogP contribution in [0.4, 0.5) is 0 Å². The molecule has 0 N–H and O–H groups in total. The molecule has 0 bridgehead atoms. The van der Waals surface area contributed by atoms with Gasteiger partial charge in [0.05, 0.1) is 5.56 Å². The van der Waals surface area contributed by atoms with E-state index in [0.29, 0.717) is 10.4 Å². The fourth-order valence-corrected chi connectivity index (χ4v) is 2.33. The Bertz CT molecular complexity index is 390. The van der Waals surface area contributed by atoms with E-state index in [0.717, 1.165) is 25.9 Å². The molecule has 2 rings (SSSR count). The summed E-state index contributed by atoms with van der Waals surface area (Å²) in [6.07, 6.45) is 2.16. The molecule has 0 radical (unpaired) electrons. The van der Waals surface area contributed by atoms with E-state index in [9.17, 15) is 4.79 Å². The number of nitrogens with zero attached hydrogens (tertiary/aromatic N) is 2. The number of rotatable bonds is 1. The highest BCUT2D eigenvalue weighted by molar-refractivity contribution is 7.10. The van der Waals surface area contributed by atoms with Crippen molar-refractivity contribution < 1.29 is 4.79 Å². The quantitative estimate of drug-likeness (QED) is 0.758. The van der Waals surface area contributed by atoms with Crippen molar-refractivity contribution >= 4 is 29.7 Å². The highest BCUT2D eigenvalue weighted by Crippen LogP contribution is 2.19. The highest BCUT2D eigenvalue weighted by atomic mass is 35.5. The molecule has 0 saturated carbocycles. The molecule has 0 spiro atoms. The minimum Gasteiger partial charge on any atom is -0.339 e. The maximum atomic E-state index is 11.9. The van der Waals surface area contributed by atoms with Gasteiger partial charge in [0, 0.05) is 13.1 Å². The summed E-state index contributed by atoms with van der Waals surface area (Å²) in [5, 5.41) is 10.6. The fourth-order valence-electron chi connectivity index (χ4n) is 1.65. The molecule has 3 nitrogen and oxygen atoms in total. The number of hydrogen-bond donors (Lipinski definition) is 0. The third kappa shape index (κ3) is 2.31. The molecular weight excluding hydrogens is 232 g/mol. The number of halogens is 1. The molecule has 1 aromatic heterocycles. The van der Waals surface area contributed by atoms with E-state index >= 15 is 0 Å². The van der Waals surface area contributed by atoms with Crippen LogP contribution in [0.15, 0.2) is 11.4 Å². The summed E-state index contributed by atoms with van der Waals surface area (Å²) in [6, 6.07) is 3.79. The zero-order chi connectivity index (χ0) is 9.97. The third-order valence-electron chi connectivity index (χ3n) is 2.39. The van der Waals surface area contributed by atoms with Crippen LogP contribution in [0.5, 0.6) is 0 Å². The van der Waals surface area contributed by atoms with Gasteiger partial charge in [0.2, 0.25) is 0 Å². The van der Waals surface area contributed by atoms with Crippen LogP contribution in [0.1, 0.15) is 28.1 Å². The van der Waals surface area contributed by atoms with Crippen molar-refractivity contribution in [2.75, 3.05) is 13.1 Å². The monoisotopic (exact) mass is 242 g/mol. The molecule has 1 saturated heterocycles. The Morgan fingerprint density at radius 2 is 2.13 bits per heavy atom. The van der Waals surface area contributed by atoms with Gasteiger partial charge in [-0.25, -0.2) is 0 Å². The van der Waals surface area contributed by atoms with Gasteiger partial charge >= 0.3 is 0 Å². The molecule has 0 atom stereocenters. The molecule has 1 amide bonds. The smallest absolute Gasteiger partial charge is 0.256 e. The first-order chi connectivity index (χ1) is 6.83. The third-order valence-corrected chi connectivity index (χ3v) is 3.21. The van der Waals surface area contributed by atoms with E-state index in [1.807, 2.05) is 4.90 Å². The van der Waals surface area contributed by atoms with Gasteiger partial charge < -0.3 is 4.90 Å². The summed E-state index contributed by atoms with van der Waals surface area (Å²) >= 11 is 1.33. The van der Waals surface area contributed by atoms with Crippen LogP contribution in [-0.2, 0) is 0 Å². The van der Waals surface area contributed by atoms with Crippen LogP contribution >= 0.6 is 23.7 Å². The molecule has 0 unspecified atom stereocenters. The second kappa shape index (κ2) is 5.15. The van der Waals surface area contributed by atoms with E-state index in [1.54, 1.807) is 11.4 Å². The second-order valence-electron chi connectivity index (χ2n) is 3.27. The highest BCUT2D eigenvalue weighted by Gasteiger charge is 2.22. The average molecular weight is 243 g/mol. The van der Waals surface area contributed by atoms with Crippen molar-refractivity contribution in [3.63, 3.8) is 0 Å². The van der Waals surface area contributed by atoms with Crippen LogP contribution < -0.4 is 0 Å². The Labute approximate surface area is 98.7 Å². The van der Waals surface area contributed by atoms with Crippen molar-refractivity contribution in [2.24, 2.45) is 0 Å². The first kappa shape index (κ1) is 12.0. The Kier molecular flexibility index (Phi) is 4.13. The van der Waals surface area contributed by atoms with Crippen molar-refractivity contribution in [1.29, 1.82) is 5.26 Å². The molecule has 1 aliphatic rings. The molecular formula is C10H11ClN2OS. The lowest BCUT2D eigenvalue weighted by atomic mass is 10.2. The minimum atomic E-state index is 0. The molecule has 1 fully saturated rings. The van der Waals surface area contributed by atoms with Gasteiger partial charge in [-0.3, -0.25) is 4.79 Å². The van der Waals surface area contributed by atoms with E-state index in [-0.39, 0.29) is 18.3 Å². The van der Waals surface area contributed by atoms with Crippen molar-refractivity contribution in [3.8, 4) is 6.07 Å². The van der Waals surface area contributed by atoms with E-state index in [4.69, 9.17) is 5.26 Å². The molecule has 1 aliphatic heterocycles. The second-order valence-corrected chi connectivity index (χ2v) is 4.19. The predicted octanol–water partition coefficient (Wildman–Crippen LogP) is 2.28. The number of likely N-dealkylation sites (tertiary alicyclic amines) is 1. The lowest BCUT2D eigenvalue weighted by Gasteiger charge is -2.13. The van der Waals surface area contributed by atoms with Gasteiger partial charge in [-0.2, -0.15) is 5.26 Å². The van der Waals surface area contributed by atoms with Gasteiger partial charge in [0.25, 0.3) is 5.91 Å². The van der Waals surface area contributed by atoms with Gasteiger partial charge in [-0.15, -0.1) is 23.7 Å². The van der Waals surface area contributed by atoms with E-state index in [1.165, 1.54) is 11.3 Å². The van der Waals surface area contributed by atoms with Crippen LogP contribution in [0.2, 0.25) is 0 Å². The number of amides is 1. The van der Waals surface area contributed by atoms with Crippen LogP contribution in [0, 0.1) is 11.3 Å². The molecule has 0 aromatic carbocycles. The van der Waals surface area contributed by atoms with Gasteiger partial charge in [0.1, 0.15) is 10.9 Å². The number of thiophene rings is 1. The summed E-state index contributed by atoms with van der Waals surface area (Å²) in [5.41, 5.74) is 0.569. The Hall–Kier alpha value is -1.05. The molecule has 15 heavy (non-hydrogen) atoms. The van der Waals surface area contributed by atoms with Crippen LogP contribution in [0.3, 0.4) is 0 Å². The number of carbonyl (C=O) groups is 1. The lowest BCUT2D eigenvalue weighted by molar-refractivity contribution is 0.0793. The maximum Gasteiger partial charge on any atom is 0.256 e. The number of hydrogen-bond acceptors (Lipinski definition) is 3. The summed E-state index contributed by atoms with van der Waals surface area (Å²) in [7, 11) is 0. The lowest BCUT2D eigenvalue weighted by Crippen LogP contribution is -2.27. The minimum absolute atomic E-state index is 0. The number of carbonyl (C=O) groups excluding carboxylic acids is 1. The Morgan fingerprint density at radius 3 is 2.73 bits per heavy atom. The number of nitriles is 1. The SMILES string of the molecule is Cl.N#Cc1sccc1C(=O)N1CCCC1. The molecule has 0 aliphatic carbocycles. The van der Waals surface area contributed by atoms with Crippen molar-refractivity contribution in [2.45, 2.75) is 12.8 Å². The molecule has 2 heterocycles. The summed E-state index contributed by atoms with van der Waals surface area (Å²) in [4.78, 5) is 14.2. The predicted molar refractivity (Wildman–Crippen MR) is 61.4 cm³/mol. The average Bonchev–Trinajstić information content (AvgIpc) is 2.87.